The van der Waals surface area contributed by atoms with Gasteiger partial charge in [0.2, 0.25) is 5.91 Å². The van der Waals surface area contributed by atoms with Gasteiger partial charge in [0.25, 0.3) is 0 Å². The molecular formula is C20H23N3O3. The van der Waals surface area contributed by atoms with Crippen LogP contribution in [0, 0.1) is 13.8 Å². The number of anilines is 2. The summed E-state index contributed by atoms with van der Waals surface area (Å²) in [7, 11) is 1.59. The Kier molecular flexibility index (Phi) is 5.11. The van der Waals surface area contributed by atoms with Crippen molar-refractivity contribution in [3.05, 3.63) is 53.6 Å². The monoisotopic (exact) mass is 353 g/mol. The summed E-state index contributed by atoms with van der Waals surface area (Å²) in [5.41, 5.74) is 3.69. The number of carbonyl (C=O) groups is 2. The SMILES string of the molecule is COc1cccc(N2C[C@H](NC(=O)Nc3cccc(C)c3C)CC2=O)c1. The van der Waals surface area contributed by atoms with E-state index < -0.39 is 0 Å². The third kappa shape index (κ3) is 3.79. The van der Waals surface area contributed by atoms with Gasteiger partial charge < -0.3 is 20.3 Å². The van der Waals surface area contributed by atoms with Crippen LogP contribution in [0.5, 0.6) is 5.75 Å². The highest BCUT2D eigenvalue weighted by atomic mass is 16.5. The maximum atomic E-state index is 12.3. The van der Waals surface area contributed by atoms with Crippen LogP contribution >= 0.6 is 0 Å². The molecule has 1 fully saturated rings. The number of benzene rings is 2. The fourth-order valence-corrected chi connectivity index (χ4v) is 3.06. The minimum absolute atomic E-state index is 0.0183. The number of aryl methyl sites for hydroxylation is 1. The second-order valence-electron chi connectivity index (χ2n) is 6.45. The zero-order valence-corrected chi connectivity index (χ0v) is 15.2. The Hall–Kier alpha value is -3.02. The second-order valence-corrected chi connectivity index (χ2v) is 6.45. The van der Waals surface area contributed by atoms with Gasteiger partial charge in [0.15, 0.2) is 0 Å². The van der Waals surface area contributed by atoms with Crippen LogP contribution in [0.3, 0.4) is 0 Å². The van der Waals surface area contributed by atoms with E-state index in [0.29, 0.717) is 12.3 Å². The first-order chi connectivity index (χ1) is 12.5. The average Bonchev–Trinajstić information content (AvgIpc) is 2.99. The molecule has 1 atom stereocenters. The highest BCUT2D eigenvalue weighted by Gasteiger charge is 2.31. The van der Waals surface area contributed by atoms with Gasteiger partial charge in [-0.25, -0.2) is 4.79 Å². The summed E-state index contributed by atoms with van der Waals surface area (Å²) in [6, 6.07) is 12.6. The van der Waals surface area contributed by atoms with Gasteiger partial charge in [-0.2, -0.15) is 0 Å². The Bertz CT molecular complexity index is 835. The molecule has 2 aromatic rings. The van der Waals surface area contributed by atoms with Crippen LogP contribution in [-0.4, -0.2) is 31.6 Å². The molecule has 3 rings (SSSR count). The van der Waals surface area contributed by atoms with Gasteiger partial charge in [0.1, 0.15) is 5.75 Å². The molecule has 0 aromatic heterocycles. The van der Waals surface area contributed by atoms with Crippen molar-refractivity contribution >= 4 is 23.3 Å². The smallest absolute Gasteiger partial charge is 0.319 e. The van der Waals surface area contributed by atoms with Crippen LogP contribution in [0.4, 0.5) is 16.2 Å². The summed E-state index contributed by atoms with van der Waals surface area (Å²) in [4.78, 5) is 26.3. The van der Waals surface area contributed by atoms with Crippen LogP contribution in [-0.2, 0) is 4.79 Å². The van der Waals surface area contributed by atoms with E-state index in [2.05, 4.69) is 10.6 Å². The summed E-state index contributed by atoms with van der Waals surface area (Å²) in [5.74, 6) is 0.676. The Morgan fingerprint density at radius 2 is 1.96 bits per heavy atom. The molecule has 26 heavy (non-hydrogen) atoms. The Morgan fingerprint density at radius 1 is 1.19 bits per heavy atom. The zero-order valence-electron chi connectivity index (χ0n) is 15.2. The molecule has 3 amide bonds. The Morgan fingerprint density at radius 3 is 2.73 bits per heavy atom. The molecule has 1 aliphatic heterocycles. The maximum absolute atomic E-state index is 12.3. The van der Waals surface area contributed by atoms with Crippen molar-refractivity contribution in [2.45, 2.75) is 26.3 Å². The lowest BCUT2D eigenvalue weighted by molar-refractivity contribution is -0.117. The Balaban J connectivity index is 1.63. The van der Waals surface area contributed by atoms with Crippen LogP contribution in [0.15, 0.2) is 42.5 Å². The fraction of sp³-hybridized carbons (Fsp3) is 0.300. The van der Waals surface area contributed by atoms with Gasteiger partial charge in [0.05, 0.1) is 13.2 Å². The number of amides is 3. The molecule has 1 aliphatic rings. The van der Waals surface area contributed by atoms with Crippen molar-refractivity contribution in [2.75, 3.05) is 23.9 Å². The van der Waals surface area contributed by atoms with Crippen molar-refractivity contribution in [1.82, 2.24) is 5.32 Å². The lowest BCUT2D eigenvalue weighted by Gasteiger charge is -2.18. The van der Waals surface area contributed by atoms with E-state index in [1.54, 1.807) is 12.0 Å². The third-order valence-electron chi connectivity index (χ3n) is 4.68. The van der Waals surface area contributed by atoms with Crippen molar-refractivity contribution in [3.8, 4) is 5.75 Å². The van der Waals surface area contributed by atoms with Crippen LogP contribution in [0.2, 0.25) is 0 Å². The summed E-state index contributed by atoms with van der Waals surface area (Å²) < 4.78 is 5.21. The van der Waals surface area contributed by atoms with E-state index in [9.17, 15) is 9.59 Å². The van der Waals surface area contributed by atoms with Crippen molar-refractivity contribution < 1.29 is 14.3 Å². The number of methoxy groups -OCH3 is 1. The molecular weight excluding hydrogens is 330 g/mol. The third-order valence-corrected chi connectivity index (χ3v) is 4.68. The van der Waals surface area contributed by atoms with Crippen molar-refractivity contribution in [2.24, 2.45) is 0 Å². The molecule has 0 spiro atoms. The van der Waals surface area contributed by atoms with Crippen molar-refractivity contribution in [1.29, 1.82) is 0 Å². The number of nitrogens with one attached hydrogen (secondary N) is 2. The van der Waals surface area contributed by atoms with Crippen LogP contribution in [0.25, 0.3) is 0 Å². The van der Waals surface area contributed by atoms with E-state index >= 15 is 0 Å². The fourth-order valence-electron chi connectivity index (χ4n) is 3.06. The molecule has 1 heterocycles. The number of carbonyl (C=O) groups excluding carboxylic acids is 2. The quantitative estimate of drug-likeness (QED) is 0.886. The molecule has 0 radical (unpaired) electrons. The summed E-state index contributed by atoms with van der Waals surface area (Å²) >= 11 is 0. The predicted molar refractivity (Wildman–Crippen MR) is 102 cm³/mol. The van der Waals surface area contributed by atoms with E-state index in [1.807, 2.05) is 56.3 Å². The number of rotatable bonds is 4. The minimum Gasteiger partial charge on any atom is -0.497 e. The largest absolute Gasteiger partial charge is 0.497 e. The minimum atomic E-state index is -0.302. The maximum Gasteiger partial charge on any atom is 0.319 e. The topological polar surface area (TPSA) is 70.7 Å². The molecule has 0 unspecified atom stereocenters. The number of hydrogen-bond acceptors (Lipinski definition) is 3. The molecule has 1 saturated heterocycles. The number of hydrogen-bond donors (Lipinski definition) is 2. The van der Waals surface area contributed by atoms with E-state index in [1.165, 1.54) is 0 Å². The molecule has 2 N–H and O–H groups in total. The number of ether oxygens (including phenoxy) is 1. The van der Waals surface area contributed by atoms with Gasteiger partial charge in [-0.1, -0.05) is 18.2 Å². The molecule has 2 aromatic carbocycles. The van der Waals surface area contributed by atoms with Gasteiger partial charge >= 0.3 is 6.03 Å². The van der Waals surface area contributed by atoms with Crippen molar-refractivity contribution in [3.63, 3.8) is 0 Å². The first-order valence-corrected chi connectivity index (χ1v) is 8.56. The lowest BCUT2D eigenvalue weighted by atomic mass is 10.1. The van der Waals surface area contributed by atoms with E-state index in [4.69, 9.17) is 4.74 Å². The second kappa shape index (κ2) is 7.47. The first-order valence-electron chi connectivity index (χ1n) is 8.56. The summed E-state index contributed by atoms with van der Waals surface area (Å²) in [6.07, 6.45) is 0.275. The average molecular weight is 353 g/mol. The molecule has 136 valence electrons. The normalized spacial score (nSPS) is 16.5. The molecule has 0 bridgehead atoms. The van der Waals surface area contributed by atoms with Crippen LogP contribution < -0.4 is 20.3 Å². The summed E-state index contributed by atoms with van der Waals surface area (Å²) in [6.45, 7) is 4.40. The lowest BCUT2D eigenvalue weighted by Crippen LogP contribution is -2.39. The van der Waals surface area contributed by atoms with Gasteiger partial charge in [-0.3, -0.25) is 4.79 Å². The van der Waals surface area contributed by atoms with E-state index in [-0.39, 0.29) is 24.4 Å². The van der Waals surface area contributed by atoms with Gasteiger partial charge in [-0.05, 0) is 43.2 Å². The van der Waals surface area contributed by atoms with E-state index in [0.717, 1.165) is 22.5 Å². The first kappa shape index (κ1) is 17.8. The standard InChI is InChI=1S/C20H23N3O3/c1-13-6-4-9-18(14(13)2)22-20(25)21-15-10-19(24)23(12-15)16-7-5-8-17(11-16)26-3/h4-9,11,15H,10,12H2,1-3H3,(H2,21,22,25)/t15-/m1/s1. The number of urea groups is 1. The molecule has 6 nitrogen and oxygen atoms in total. The Labute approximate surface area is 153 Å². The molecule has 6 heteroatoms. The highest BCUT2D eigenvalue weighted by molar-refractivity contribution is 5.98. The zero-order chi connectivity index (χ0) is 18.7. The number of nitrogens with zero attached hydrogens (tertiary/aromatic N) is 1. The molecule has 0 saturated carbocycles. The van der Waals surface area contributed by atoms with Gasteiger partial charge in [0, 0.05) is 30.4 Å². The highest BCUT2D eigenvalue weighted by Crippen LogP contribution is 2.25. The molecule has 0 aliphatic carbocycles. The predicted octanol–water partition coefficient (Wildman–Crippen LogP) is 3.24. The van der Waals surface area contributed by atoms with Crippen LogP contribution in [0.1, 0.15) is 17.5 Å². The summed E-state index contributed by atoms with van der Waals surface area (Å²) in [5, 5.41) is 5.75. The van der Waals surface area contributed by atoms with Gasteiger partial charge in [-0.15, -0.1) is 0 Å².